The van der Waals surface area contributed by atoms with Crippen LogP contribution in [0.4, 0.5) is 0 Å². The molecule has 2 atom stereocenters. The van der Waals surface area contributed by atoms with Crippen molar-refractivity contribution >= 4 is 5.91 Å². The van der Waals surface area contributed by atoms with Crippen LogP contribution in [-0.4, -0.2) is 54.0 Å². The van der Waals surface area contributed by atoms with Gasteiger partial charge in [-0.3, -0.25) is 4.79 Å². The van der Waals surface area contributed by atoms with Crippen molar-refractivity contribution in [2.75, 3.05) is 32.7 Å². The fourth-order valence-electron chi connectivity index (χ4n) is 4.17. The van der Waals surface area contributed by atoms with Gasteiger partial charge in [0, 0.05) is 25.2 Å². The molecule has 4 heteroatoms. The summed E-state index contributed by atoms with van der Waals surface area (Å²) in [5.41, 5.74) is 6.11. The molecule has 0 aromatic heterocycles. The lowest BCUT2D eigenvalue weighted by Crippen LogP contribution is -2.55. The number of piperidine rings is 1. The molecule has 1 aliphatic heterocycles. The Bertz CT molecular complexity index is 357. The number of hydrogen-bond acceptors (Lipinski definition) is 3. The van der Waals surface area contributed by atoms with Crippen LogP contribution < -0.4 is 5.73 Å². The number of nitrogens with zero attached hydrogens (tertiary/aromatic N) is 2. The summed E-state index contributed by atoms with van der Waals surface area (Å²) in [7, 11) is 0. The Labute approximate surface area is 136 Å². The number of rotatable bonds is 5. The second-order valence-electron chi connectivity index (χ2n) is 7.56. The highest BCUT2D eigenvalue weighted by atomic mass is 16.2. The highest BCUT2D eigenvalue weighted by Gasteiger charge is 2.40. The van der Waals surface area contributed by atoms with Crippen LogP contribution in [0.25, 0.3) is 0 Å². The van der Waals surface area contributed by atoms with Crippen LogP contribution in [0.5, 0.6) is 0 Å². The number of hydrogen-bond donors (Lipinski definition) is 1. The lowest BCUT2D eigenvalue weighted by Gasteiger charge is -2.42. The first-order valence-corrected chi connectivity index (χ1v) is 9.28. The summed E-state index contributed by atoms with van der Waals surface area (Å²) in [6.07, 6.45) is 6.59. The van der Waals surface area contributed by atoms with E-state index in [4.69, 9.17) is 5.73 Å². The lowest BCUT2D eigenvalue weighted by atomic mass is 9.73. The van der Waals surface area contributed by atoms with Crippen LogP contribution in [0.15, 0.2) is 0 Å². The molecule has 0 spiro atoms. The van der Waals surface area contributed by atoms with E-state index in [9.17, 15) is 4.79 Å². The van der Waals surface area contributed by atoms with Crippen molar-refractivity contribution in [2.24, 2.45) is 17.6 Å². The smallest absolute Gasteiger partial charge is 0.227 e. The van der Waals surface area contributed by atoms with Crippen molar-refractivity contribution in [1.82, 2.24) is 9.80 Å². The largest absolute Gasteiger partial charge is 0.342 e. The monoisotopic (exact) mass is 309 g/mol. The molecule has 2 aliphatic rings. The van der Waals surface area contributed by atoms with Gasteiger partial charge in [-0.1, -0.05) is 26.7 Å². The van der Waals surface area contributed by atoms with Gasteiger partial charge in [-0.2, -0.15) is 0 Å². The molecule has 0 aromatic rings. The highest BCUT2D eigenvalue weighted by molar-refractivity contribution is 5.80. The Hall–Kier alpha value is -0.610. The molecule has 2 rings (SSSR count). The van der Waals surface area contributed by atoms with E-state index in [1.165, 1.54) is 13.0 Å². The number of carbonyl (C=O) groups excluding carboxylic acids is 1. The first kappa shape index (κ1) is 17.7. The van der Waals surface area contributed by atoms with Gasteiger partial charge in [-0.25, -0.2) is 0 Å². The van der Waals surface area contributed by atoms with Crippen molar-refractivity contribution in [3.8, 4) is 0 Å². The molecule has 0 radical (unpaired) electrons. The number of nitrogens with two attached hydrogens (primary N) is 1. The maximum Gasteiger partial charge on any atom is 0.227 e. The Kier molecular flexibility index (Phi) is 6.27. The third-order valence-electron chi connectivity index (χ3n) is 5.89. The molecule has 4 nitrogen and oxygen atoms in total. The normalized spacial score (nSPS) is 30.8. The van der Waals surface area contributed by atoms with Crippen molar-refractivity contribution in [3.05, 3.63) is 0 Å². The van der Waals surface area contributed by atoms with E-state index >= 15 is 0 Å². The Morgan fingerprint density at radius 2 is 1.82 bits per heavy atom. The first-order chi connectivity index (χ1) is 10.5. The summed E-state index contributed by atoms with van der Waals surface area (Å²) in [5.74, 6) is 1.12. The quantitative estimate of drug-likeness (QED) is 0.849. The standard InChI is InChI=1S/C18H35N3O/c1-4-20(5-2)14-15-9-12-21(13-10-15)17(22)16-8-6-7-11-18(16,3)19/h15-16H,4-14,19H2,1-3H3. The van der Waals surface area contributed by atoms with Crippen LogP contribution in [0.3, 0.4) is 0 Å². The average Bonchev–Trinajstić information content (AvgIpc) is 2.52. The summed E-state index contributed by atoms with van der Waals surface area (Å²) >= 11 is 0. The summed E-state index contributed by atoms with van der Waals surface area (Å²) in [5, 5.41) is 0. The van der Waals surface area contributed by atoms with Crippen LogP contribution >= 0.6 is 0 Å². The molecular formula is C18H35N3O. The number of amides is 1. The van der Waals surface area contributed by atoms with E-state index in [1.54, 1.807) is 0 Å². The van der Waals surface area contributed by atoms with E-state index in [1.807, 2.05) is 0 Å². The van der Waals surface area contributed by atoms with Crippen molar-refractivity contribution in [3.63, 3.8) is 0 Å². The third kappa shape index (κ3) is 4.23. The molecule has 1 heterocycles. The highest BCUT2D eigenvalue weighted by Crippen LogP contribution is 2.33. The summed E-state index contributed by atoms with van der Waals surface area (Å²) in [6.45, 7) is 11.8. The minimum Gasteiger partial charge on any atom is -0.342 e. The molecule has 0 bridgehead atoms. The fraction of sp³-hybridized carbons (Fsp3) is 0.944. The maximum absolute atomic E-state index is 12.8. The van der Waals surface area contributed by atoms with Gasteiger partial charge in [0.1, 0.15) is 0 Å². The van der Waals surface area contributed by atoms with Crippen molar-refractivity contribution < 1.29 is 4.79 Å². The zero-order valence-electron chi connectivity index (χ0n) is 14.8. The maximum atomic E-state index is 12.8. The zero-order chi connectivity index (χ0) is 16.2. The predicted molar refractivity (Wildman–Crippen MR) is 91.6 cm³/mol. The van der Waals surface area contributed by atoms with Gasteiger partial charge < -0.3 is 15.5 Å². The van der Waals surface area contributed by atoms with Gasteiger partial charge in [-0.15, -0.1) is 0 Å². The van der Waals surface area contributed by atoms with Gasteiger partial charge in [-0.05, 0) is 51.6 Å². The third-order valence-corrected chi connectivity index (χ3v) is 5.89. The molecule has 1 aliphatic carbocycles. The van der Waals surface area contributed by atoms with Gasteiger partial charge >= 0.3 is 0 Å². The SMILES string of the molecule is CCN(CC)CC1CCN(C(=O)C2CCCCC2(C)N)CC1. The summed E-state index contributed by atoms with van der Waals surface area (Å²) in [6, 6.07) is 0. The summed E-state index contributed by atoms with van der Waals surface area (Å²) in [4.78, 5) is 17.4. The van der Waals surface area contributed by atoms with Crippen LogP contribution in [0.2, 0.25) is 0 Å². The minimum atomic E-state index is -0.298. The van der Waals surface area contributed by atoms with Crippen LogP contribution in [-0.2, 0) is 4.79 Å². The number of likely N-dealkylation sites (tertiary alicyclic amines) is 1. The van der Waals surface area contributed by atoms with E-state index in [-0.39, 0.29) is 11.5 Å². The van der Waals surface area contributed by atoms with Gasteiger partial charge in [0.2, 0.25) is 5.91 Å². The van der Waals surface area contributed by atoms with Gasteiger partial charge in [0.25, 0.3) is 0 Å². The molecule has 2 fully saturated rings. The van der Waals surface area contributed by atoms with Crippen LogP contribution in [0.1, 0.15) is 59.3 Å². The fourth-order valence-corrected chi connectivity index (χ4v) is 4.17. The summed E-state index contributed by atoms with van der Waals surface area (Å²) < 4.78 is 0. The first-order valence-electron chi connectivity index (χ1n) is 9.28. The zero-order valence-corrected chi connectivity index (χ0v) is 14.8. The molecule has 128 valence electrons. The van der Waals surface area contributed by atoms with Gasteiger partial charge in [0.05, 0.1) is 5.92 Å². The second kappa shape index (κ2) is 7.78. The Morgan fingerprint density at radius 3 is 2.36 bits per heavy atom. The van der Waals surface area contributed by atoms with Crippen molar-refractivity contribution in [1.29, 1.82) is 0 Å². The topological polar surface area (TPSA) is 49.6 Å². The van der Waals surface area contributed by atoms with E-state index < -0.39 is 0 Å². The van der Waals surface area contributed by atoms with E-state index in [2.05, 4.69) is 30.6 Å². The molecule has 2 N–H and O–H groups in total. The van der Waals surface area contributed by atoms with E-state index in [0.29, 0.717) is 5.91 Å². The van der Waals surface area contributed by atoms with Gasteiger partial charge in [0.15, 0.2) is 0 Å². The molecule has 1 saturated carbocycles. The van der Waals surface area contributed by atoms with E-state index in [0.717, 1.165) is 64.2 Å². The second-order valence-corrected chi connectivity index (χ2v) is 7.56. The Balaban J connectivity index is 1.84. The number of carbonyl (C=O) groups is 1. The average molecular weight is 309 g/mol. The molecule has 1 saturated heterocycles. The Morgan fingerprint density at radius 1 is 1.18 bits per heavy atom. The van der Waals surface area contributed by atoms with Crippen LogP contribution in [0, 0.1) is 11.8 Å². The molecule has 0 aromatic carbocycles. The molecular weight excluding hydrogens is 274 g/mol. The predicted octanol–water partition coefficient (Wildman–Crippen LogP) is 2.47. The minimum absolute atomic E-state index is 0.0422. The molecule has 1 amide bonds. The molecule has 2 unspecified atom stereocenters. The molecule has 22 heavy (non-hydrogen) atoms. The van der Waals surface area contributed by atoms with Crippen molar-refractivity contribution in [2.45, 2.75) is 64.8 Å². The lowest BCUT2D eigenvalue weighted by molar-refractivity contribution is -0.140.